The van der Waals surface area contributed by atoms with E-state index in [1.54, 1.807) is 4.90 Å². The van der Waals surface area contributed by atoms with Crippen molar-refractivity contribution in [3.8, 4) is 5.75 Å². The van der Waals surface area contributed by atoms with Crippen LogP contribution in [0.15, 0.2) is 36.4 Å². The van der Waals surface area contributed by atoms with Gasteiger partial charge in [-0.3, -0.25) is 9.59 Å². The maximum absolute atomic E-state index is 12.5. The van der Waals surface area contributed by atoms with Crippen LogP contribution in [-0.4, -0.2) is 65.9 Å². The number of nitrogens with zero attached hydrogens (tertiary/aromatic N) is 2. The van der Waals surface area contributed by atoms with Crippen LogP contribution in [0, 0.1) is 6.92 Å². The fraction of sp³-hybridized carbons (Fsp3) is 0.455. The molecule has 2 fully saturated rings. The SMILES string of the molecule is Cc1ccc(C(=O)N2CCN(C(=O)COc3ccc(C4SCCCS4)cc3)CC2)s1. The van der Waals surface area contributed by atoms with Crippen LogP contribution in [0.25, 0.3) is 0 Å². The molecule has 2 saturated heterocycles. The number of carbonyl (C=O) groups is 2. The average molecular weight is 463 g/mol. The molecule has 0 aliphatic carbocycles. The highest BCUT2D eigenvalue weighted by molar-refractivity contribution is 8.16. The van der Waals surface area contributed by atoms with Crippen LogP contribution in [0.3, 0.4) is 0 Å². The molecule has 0 N–H and O–H groups in total. The van der Waals surface area contributed by atoms with Crippen molar-refractivity contribution in [2.75, 3.05) is 44.3 Å². The molecule has 0 saturated carbocycles. The molecule has 0 bridgehead atoms. The van der Waals surface area contributed by atoms with Crippen molar-refractivity contribution in [3.63, 3.8) is 0 Å². The smallest absolute Gasteiger partial charge is 0.264 e. The number of aryl methyl sites for hydroxylation is 1. The fourth-order valence-electron chi connectivity index (χ4n) is 3.50. The molecule has 0 atom stereocenters. The topological polar surface area (TPSA) is 49.9 Å². The number of benzene rings is 1. The number of ether oxygens (including phenoxy) is 1. The second-order valence-corrected chi connectivity index (χ2v) is 11.4. The predicted molar refractivity (Wildman–Crippen MR) is 126 cm³/mol. The van der Waals surface area contributed by atoms with E-state index in [-0.39, 0.29) is 18.4 Å². The zero-order chi connectivity index (χ0) is 20.9. The Labute approximate surface area is 190 Å². The number of thiophene rings is 1. The minimum atomic E-state index is -0.0310. The van der Waals surface area contributed by atoms with Gasteiger partial charge in [-0.25, -0.2) is 0 Å². The van der Waals surface area contributed by atoms with Gasteiger partial charge in [-0.15, -0.1) is 34.9 Å². The van der Waals surface area contributed by atoms with E-state index >= 15 is 0 Å². The molecule has 2 aliphatic rings. The van der Waals surface area contributed by atoms with Crippen molar-refractivity contribution in [1.82, 2.24) is 9.80 Å². The van der Waals surface area contributed by atoms with Gasteiger partial charge in [-0.2, -0.15) is 0 Å². The van der Waals surface area contributed by atoms with Crippen LogP contribution in [0.5, 0.6) is 5.75 Å². The van der Waals surface area contributed by atoms with Crippen molar-refractivity contribution >= 4 is 46.7 Å². The van der Waals surface area contributed by atoms with Gasteiger partial charge < -0.3 is 14.5 Å². The van der Waals surface area contributed by atoms with Crippen LogP contribution < -0.4 is 4.74 Å². The Balaban J connectivity index is 1.22. The summed E-state index contributed by atoms with van der Waals surface area (Å²) in [4.78, 5) is 30.6. The molecule has 30 heavy (non-hydrogen) atoms. The number of rotatable bonds is 5. The summed E-state index contributed by atoms with van der Waals surface area (Å²) in [5, 5.41) is 0. The summed E-state index contributed by atoms with van der Waals surface area (Å²) in [6.45, 7) is 4.25. The number of carbonyl (C=O) groups excluding carboxylic acids is 2. The van der Waals surface area contributed by atoms with Gasteiger partial charge >= 0.3 is 0 Å². The predicted octanol–water partition coefficient (Wildman–Crippen LogP) is 4.29. The average Bonchev–Trinajstić information content (AvgIpc) is 3.24. The van der Waals surface area contributed by atoms with Gasteiger partial charge in [0.1, 0.15) is 5.75 Å². The first-order chi connectivity index (χ1) is 14.6. The number of piperazine rings is 1. The molecule has 0 radical (unpaired) electrons. The normalized spacial score (nSPS) is 17.8. The maximum Gasteiger partial charge on any atom is 0.264 e. The van der Waals surface area contributed by atoms with Crippen LogP contribution in [0.4, 0.5) is 0 Å². The summed E-state index contributed by atoms with van der Waals surface area (Å²) >= 11 is 5.51. The van der Waals surface area contributed by atoms with E-state index in [1.165, 1.54) is 34.8 Å². The molecule has 1 aromatic heterocycles. The van der Waals surface area contributed by atoms with Gasteiger partial charge in [0, 0.05) is 31.1 Å². The summed E-state index contributed by atoms with van der Waals surface area (Å²) in [5.74, 6) is 3.19. The van der Waals surface area contributed by atoms with Gasteiger partial charge in [0.25, 0.3) is 11.8 Å². The quantitative estimate of drug-likeness (QED) is 0.664. The van der Waals surface area contributed by atoms with Crippen LogP contribution in [0.2, 0.25) is 0 Å². The molecule has 8 heteroatoms. The second-order valence-electron chi connectivity index (χ2n) is 7.37. The Bertz CT molecular complexity index is 870. The van der Waals surface area contributed by atoms with Crippen LogP contribution >= 0.6 is 34.9 Å². The molecule has 2 aliphatic heterocycles. The third kappa shape index (κ3) is 5.34. The largest absolute Gasteiger partial charge is 0.484 e. The first kappa shape index (κ1) is 21.6. The van der Waals surface area contributed by atoms with Crippen molar-refractivity contribution < 1.29 is 14.3 Å². The lowest BCUT2D eigenvalue weighted by Gasteiger charge is -2.34. The number of hydrogen-bond acceptors (Lipinski definition) is 6. The van der Waals surface area contributed by atoms with E-state index < -0.39 is 0 Å². The Kier molecular flexibility index (Phi) is 7.28. The summed E-state index contributed by atoms with van der Waals surface area (Å²) in [6.07, 6.45) is 1.28. The monoisotopic (exact) mass is 462 g/mol. The summed E-state index contributed by atoms with van der Waals surface area (Å²) in [7, 11) is 0. The molecule has 0 unspecified atom stereocenters. The first-order valence-corrected chi connectivity index (χ1v) is 13.1. The fourth-order valence-corrected chi connectivity index (χ4v) is 7.23. The molecule has 2 aromatic rings. The van der Waals surface area contributed by atoms with Crippen LogP contribution in [0.1, 0.15) is 31.1 Å². The lowest BCUT2D eigenvalue weighted by Crippen LogP contribution is -2.51. The summed E-state index contributed by atoms with van der Waals surface area (Å²) < 4.78 is 6.23. The number of hydrogen-bond donors (Lipinski definition) is 0. The Hall–Kier alpha value is -1.64. The molecule has 160 valence electrons. The van der Waals surface area contributed by atoms with E-state index in [4.69, 9.17) is 4.74 Å². The van der Waals surface area contributed by atoms with E-state index in [0.717, 1.165) is 15.5 Å². The molecule has 1 aromatic carbocycles. The molecule has 5 nitrogen and oxygen atoms in total. The zero-order valence-corrected chi connectivity index (χ0v) is 19.5. The molecule has 4 rings (SSSR count). The second kappa shape index (κ2) is 10.1. The third-order valence-electron chi connectivity index (χ3n) is 5.21. The van der Waals surface area contributed by atoms with Gasteiger partial charge in [-0.1, -0.05) is 12.1 Å². The van der Waals surface area contributed by atoms with E-state index in [0.29, 0.717) is 30.8 Å². The lowest BCUT2D eigenvalue weighted by atomic mass is 10.2. The van der Waals surface area contributed by atoms with E-state index in [2.05, 4.69) is 12.1 Å². The van der Waals surface area contributed by atoms with Crippen molar-refractivity contribution in [2.24, 2.45) is 0 Å². The minimum Gasteiger partial charge on any atom is -0.484 e. The van der Waals surface area contributed by atoms with Crippen molar-refractivity contribution in [1.29, 1.82) is 0 Å². The van der Waals surface area contributed by atoms with Crippen LogP contribution in [-0.2, 0) is 4.79 Å². The Morgan fingerprint density at radius 2 is 1.63 bits per heavy atom. The number of amides is 2. The molecule has 3 heterocycles. The third-order valence-corrected chi connectivity index (χ3v) is 9.22. The van der Waals surface area contributed by atoms with E-state index in [9.17, 15) is 9.59 Å². The van der Waals surface area contributed by atoms with Gasteiger partial charge in [0.2, 0.25) is 0 Å². The summed E-state index contributed by atoms with van der Waals surface area (Å²) in [6, 6.07) is 12.0. The maximum atomic E-state index is 12.5. The summed E-state index contributed by atoms with van der Waals surface area (Å²) in [5.41, 5.74) is 1.31. The Morgan fingerprint density at radius 3 is 2.27 bits per heavy atom. The highest BCUT2D eigenvalue weighted by Gasteiger charge is 2.25. The minimum absolute atomic E-state index is 0.0310. The molecular formula is C22H26N2O3S3. The Morgan fingerprint density at radius 1 is 0.967 bits per heavy atom. The highest BCUT2D eigenvalue weighted by atomic mass is 32.2. The van der Waals surface area contributed by atoms with E-state index in [1.807, 2.05) is 59.6 Å². The molecular weight excluding hydrogens is 436 g/mol. The van der Waals surface area contributed by atoms with Gasteiger partial charge in [0.15, 0.2) is 6.61 Å². The zero-order valence-electron chi connectivity index (χ0n) is 17.0. The molecule has 2 amide bonds. The van der Waals surface area contributed by atoms with Crippen molar-refractivity contribution in [2.45, 2.75) is 17.9 Å². The number of thioether (sulfide) groups is 2. The highest BCUT2D eigenvalue weighted by Crippen LogP contribution is 2.43. The van der Waals surface area contributed by atoms with Crippen molar-refractivity contribution in [3.05, 3.63) is 51.7 Å². The standard InChI is InChI=1S/C22H26N2O3S3/c1-16-3-8-19(30-16)21(26)24-11-9-23(10-12-24)20(25)15-27-18-6-4-17(5-7-18)22-28-13-2-14-29-22/h3-8,22H,2,9-15H2,1H3. The molecule has 0 spiro atoms. The lowest BCUT2D eigenvalue weighted by molar-refractivity contribution is -0.134. The van der Waals surface area contributed by atoms with Gasteiger partial charge in [-0.05, 0) is 54.7 Å². The van der Waals surface area contributed by atoms with Gasteiger partial charge in [0.05, 0.1) is 9.46 Å². The first-order valence-electron chi connectivity index (χ1n) is 10.2.